The highest BCUT2D eigenvalue weighted by atomic mass is 19.1. The predicted molar refractivity (Wildman–Crippen MR) is 122 cm³/mol. The van der Waals surface area contributed by atoms with Crippen LogP contribution in [0.25, 0.3) is 16.6 Å². The number of halogens is 1. The average molecular weight is 454 g/mol. The maximum Gasteiger partial charge on any atom is 0.343 e. The van der Waals surface area contributed by atoms with Gasteiger partial charge in [-0.1, -0.05) is 0 Å². The van der Waals surface area contributed by atoms with Crippen molar-refractivity contribution in [1.29, 1.82) is 0 Å². The van der Waals surface area contributed by atoms with Gasteiger partial charge in [0.05, 0.1) is 22.4 Å². The molecule has 2 heterocycles. The minimum atomic E-state index is -0.828. The highest BCUT2D eigenvalue weighted by Crippen LogP contribution is 2.34. The second-order valence-electron chi connectivity index (χ2n) is 7.84. The topological polar surface area (TPSA) is 97.9 Å². The normalized spacial score (nSPS) is 14.5. The van der Waals surface area contributed by atoms with Crippen LogP contribution in [-0.4, -0.2) is 60.2 Å². The summed E-state index contributed by atoms with van der Waals surface area (Å²) in [6, 6.07) is 8.34. The fraction of sp³-hybridized carbons (Fsp3) is 0.304. The monoisotopic (exact) mass is 454 g/mol. The maximum absolute atomic E-state index is 13.5. The lowest BCUT2D eigenvalue weighted by molar-refractivity contribution is -0.384. The highest BCUT2D eigenvalue weighted by molar-refractivity contribution is 5.96. The Kier molecular flexibility index (Phi) is 6.10. The third kappa shape index (κ3) is 4.29. The third-order valence-corrected chi connectivity index (χ3v) is 5.74. The van der Waals surface area contributed by atoms with E-state index in [1.165, 1.54) is 36.5 Å². The third-order valence-electron chi connectivity index (χ3n) is 5.74. The van der Waals surface area contributed by atoms with Crippen molar-refractivity contribution in [3.8, 4) is 5.69 Å². The number of nitro benzene ring substituents is 1. The van der Waals surface area contributed by atoms with Crippen molar-refractivity contribution in [2.75, 3.05) is 44.7 Å². The molecule has 0 saturated carbocycles. The molecule has 0 radical (unpaired) electrons. The molecule has 0 aliphatic carbocycles. The number of hydrogen-bond acceptors (Lipinski definition) is 7. The van der Waals surface area contributed by atoms with Gasteiger partial charge in [0.1, 0.15) is 17.1 Å². The summed E-state index contributed by atoms with van der Waals surface area (Å²) in [5.74, 6) is -1.27. The van der Waals surface area contributed by atoms with E-state index in [1.807, 2.05) is 11.9 Å². The summed E-state index contributed by atoms with van der Waals surface area (Å²) in [5, 5.41) is 11.9. The van der Waals surface area contributed by atoms with Gasteiger partial charge in [0.2, 0.25) is 5.43 Å². The van der Waals surface area contributed by atoms with E-state index in [4.69, 9.17) is 4.74 Å². The number of piperazine rings is 1. The van der Waals surface area contributed by atoms with Crippen LogP contribution in [0.4, 0.5) is 15.8 Å². The Balaban J connectivity index is 2.02. The molecular formula is C23H23FN4O5. The van der Waals surface area contributed by atoms with Crippen molar-refractivity contribution in [1.82, 2.24) is 9.47 Å². The van der Waals surface area contributed by atoms with Crippen molar-refractivity contribution < 1.29 is 18.8 Å². The van der Waals surface area contributed by atoms with Gasteiger partial charge in [0, 0.05) is 44.1 Å². The van der Waals surface area contributed by atoms with Gasteiger partial charge in [-0.15, -0.1) is 0 Å². The summed E-state index contributed by atoms with van der Waals surface area (Å²) in [7, 11) is 1.98. The molecule has 0 unspecified atom stereocenters. The number of hydrogen-bond donors (Lipinski definition) is 0. The molecule has 2 aromatic carbocycles. The molecule has 0 spiro atoms. The first kappa shape index (κ1) is 22.4. The molecule has 10 heteroatoms. The van der Waals surface area contributed by atoms with Crippen LogP contribution >= 0.6 is 0 Å². The van der Waals surface area contributed by atoms with Gasteiger partial charge < -0.3 is 19.1 Å². The summed E-state index contributed by atoms with van der Waals surface area (Å²) in [6.45, 7) is 4.33. The van der Waals surface area contributed by atoms with Crippen LogP contribution in [0, 0.1) is 15.9 Å². The van der Waals surface area contributed by atoms with Gasteiger partial charge >= 0.3 is 5.97 Å². The number of carbonyl (C=O) groups is 1. The van der Waals surface area contributed by atoms with E-state index in [-0.39, 0.29) is 23.2 Å². The summed E-state index contributed by atoms with van der Waals surface area (Å²) >= 11 is 0. The molecule has 0 amide bonds. The Bertz CT molecular complexity index is 1280. The number of esters is 1. The molecule has 1 aromatic heterocycles. The summed E-state index contributed by atoms with van der Waals surface area (Å²) in [6.07, 6.45) is 1.34. The minimum Gasteiger partial charge on any atom is -0.462 e. The van der Waals surface area contributed by atoms with E-state index in [2.05, 4.69) is 4.90 Å². The van der Waals surface area contributed by atoms with Crippen molar-refractivity contribution in [3.05, 3.63) is 74.3 Å². The number of likely N-dealkylation sites (N-methyl/N-ethyl adjacent to an activating group) is 1. The number of aromatic nitrogens is 1. The van der Waals surface area contributed by atoms with Crippen LogP contribution in [0.15, 0.2) is 47.4 Å². The number of carbonyl (C=O) groups excluding carboxylic acids is 1. The number of benzene rings is 2. The quantitative estimate of drug-likeness (QED) is 0.332. The van der Waals surface area contributed by atoms with E-state index in [0.717, 1.165) is 13.1 Å². The van der Waals surface area contributed by atoms with Crippen molar-refractivity contribution >= 4 is 28.2 Å². The fourth-order valence-electron chi connectivity index (χ4n) is 3.97. The lowest BCUT2D eigenvalue weighted by atomic mass is 10.1. The lowest BCUT2D eigenvalue weighted by Crippen LogP contribution is -2.44. The summed E-state index contributed by atoms with van der Waals surface area (Å²) in [4.78, 5) is 41.1. The van der Waals surface area contributed by atoms with Crippen LogP contribution < -0.4 is 10.3 Å². The Morgan fingerprint density at radius 1 is 1.15 bits per heavy atom. The molecular weight excluding hydrogens is 431 g/mol. The number of pyridine rings is 1. The van der Waals surface area contributed by atoms with Gasteiger partial charge in [0.25, 0.3) is 5.69 Å². The van der Waals surface area contributed by atoms with Crippen LogP contribution in [0.1, 0.15) is 17.3 Å². The Labute approximate surface area is 188 Å². The average Bonchev–Trinajstić information content (AvgIpc) is 2.80. The standard InChI is InChI=1S/C23H23FN4O5/c1-3-33-23(30)18-14-27(16-6-4-15(24)5-7-16)19-13-20(26-10-8-25(2)9-11-26)21(28(31)32)12-17(19)22(18)29/h4-7,12-14H,3,8-11H2,1-2H3. The van der Waals surface area contributed by atoms with Crippen LogP contribution in [0.2, 0.25) is 0 Å². The minimum absolute atomic E-state index is 0.00876. The van der Waals surface area contributed by atoms with Crippen LogP contribution in [0.3, 0.4) is 0 Å². The molecule has 1 fully saturated rings. The Hall–Kier alpha value is -3.79. The summed E-state index contributed by atoms with van der Waals surface area (Å²) < 4.78 is 20.1. The molecule has 0 bridgehead atoms. The van der Waals surface area contributed by atoms with Gasteiger partial charge in [-0.05, 0) is 44.3 Å². The zero-order valence-corrected chi connectivity index (χ0v) is 18.3. The molecule has 33 heavy (non-hydrogen) atoms. The number of nitrogens with zero attached hydrogens (tertiary/aromatic N) is 4. The molecule has 1 aliphatic heterocycles. The second kappa shape index (κ2) is 8.99. The zero-order chi connectivity index (χ0) is 23.7. The van der Waals surface area contributed by atoms with Crippen molar-refractivity contribution in [3.63, 3.8) is 0 Å². The first-order chi connectivity index (χ1) is 15.8. The van der Waals surface area contributed by atoms with Gasteiger partial charge in [0.15, 0.2) is 0 Å². The molecule has 3 aromatic rings. The van der Waals surface area contributed by atoms with Crippen molar-refractivity contribution in [2.24, 2.45) is 0 Å². The van der Waals surface area contributed by atoms with E-state index in [1.54, 1.807) is 17.6 Å². The first-order valence-electron chi connectivity index (χ1n) is 10.5. The predicted octanol–water partition coefficient (Wildman–Crippen LogP) is 2.97. The van der Waals surface area contributed by atoms with Crippen LogP contribution in [-0.2, 0) is 4.74 Å². The second-order valence-corrected chi connectivity index (χ2v) is 7.84. The Morgan fingerprint density at radius 3 is 2.42 bits per heavy atom. The molecule has 172 valence electrons. The van der Waals surface area contributed by atoms with Gasteiger partial charge in [-0.2, -0.15) is 0 Å². The molecule has 1 saturated heterocycles. The van der Waals surface area contributed by atoms with E-state index < -0.39 is 22.1 Å². The number of nitro groups is 1. The molecule has 1 aliphatic rings. The number of ether oxygens (including phenoxy) is 1. The van der Waals surface area contributed by atoms with E-state index in [9.17, 15) is 24.1 Å². The Morgan fingerprint density at radius 2 is 1.82 bits per heavy atom. The number of fused-ring (bicyclic) bond motifs is 1. The molecule has 0 N–H and O–H groups in total. The number of rotatable bonds is 5. The van der Waals surface area contributed by atoms with Gasteiger partial charge in [-0.25, -0.2) is 9.18 Å². The smallest absolute Gasteiger partial charge is 0.343 e. The largest absolute Gasteiger partial charge is 0.462 e. The molecule has 9 nitrogen and oxygen atoms in total. The summed E-state index contributed by atoms with van der Waals surface area (Å²) in [5.41, 5.74) is 0.130. The van der Waals surface area contributed by atoms with E-state index >= 15 is 0 Å². The van der Waals surface area contributed by atoms with Crippen LogP contribution in [0.5, 0.6) is 0 Å². The van der Waals surface area contributed by atoms with Crippen molar-refractivity contribution in [2.45, 2.75) is 6.92 Å². The maximum atomic E-state index is 13.5. The van der Waals surface area contributed by atoms with E-state index in [0.29, 0.717) is 30.0 Å². The van der Waals surface area contributed by atoms with Gasteiger partial charge in [-0.3, -0.25) is 14.9 Å². The first-order valence-corrected chi connectivity index (χ1v) is 10.5. The number of anilines is 1. The molecule has 0 atom stereocenters. The molecule has 4 rings (SSSR count). The SMILES string of the molecule is CCOC(=O)c1cn(-c2ccc(F)cc2)c2cc(N3CCN(C)CC3)c([N+](=O)[O-])cc2c1=O. The highest BCUT2D eigenvalue weighted by Gasteiger charge is 2.26. The zero-order valence-electron chi connectivity index (χ0n) is 18.3. The lowest BCUT2D eigenvalue weighted by Gasteiger charge is -2.33. The fourth-order valence-corrected chi connectivity index (χ4v) is 3.97.